The molecular weight excluding hydrogens is 441 g/mol. The van der Waals surface area contributed by atoms with Gasteiger partial charge in [0.25, 0.3) is 5.69 Å². The predicted octanol–water partition coefficient (Wildman–Crippen LogP) is 2.47. The fourth-order valence-electron chi connectivity index (χ4n) is 3.82. The number of nitro groups is 1. The van der Waals surface area contributed by atoms with E-state index in [1.807, 2.05) is 0 Å². The van der Waals surface area contributed by atoms with Gasteiger partial charge in [0, 0.05) is 12.6 Å². The number of benzene rings is 2. The fourth-order valence-corrected chi connectivity index (χ4v) is 5.25. The number of hydrogen-bond acceptors (Lipinski definition) is 7. The van der Waals surface area contributed by atoms with Gasteiger partial charge in [-0.25, -0.2) is 12.8 Å². The Kier molecular flexibility index (Phi) is 7.54. The third-order valence-electron chi connectivity index (χ3n) is 5.51. The molecule has 0 radical (unpaired) electrons. The quantitative estimate of drug-likeness (QED) is 0.361. The minimum Gasteiger partial charge on any atom is -0.468 e. The highest BCUT2D eigenvalue weighted by Crippen LogP contribution is 2.27. The summed E-state index contributed by atoms with van der Waals surface area (Å²) < 4.78 is 46.0. The Labute approximate surface area is 185 Å². The van der Waals surface area contributed by atoms with Crippen LogP contribution in [0.1, 0.15) is 18.4 Å². The van der Waals surface area contributed by atoms with Crippen molar-refractivity contribution >= 4 is 21.7 Å². The molecule has 32 heavy (non-hydrogen) atoms. The van der Waals surface area contributed by atoms with Crippen molar-refractivity contribution in [2.45, 2.75) is 30.3 Å². The van der Waals surface area contributed by atoms with Gasteiger partial charge in [-0.2, -0.15) is 4.72 Å². The van der Waals surface area contributed by atoms with Gasteiger partial charge in [-0.05, 0) is 55.6 Å². The molecule has 172 valence electrons. The van der Waals surface area contributed by atoms with Gasteiger partial charge in [-0.15, -0.1) is 0 Å². The Morgan fingerprint density at radius 3 is 2.44 bits per heavy atom. The van der Waals surface area contributed by atoms with Gasteiger partial charge >= 0.3 is 5.97 Å². The van der Waals surface area contributed by atoms with E-state index in [2.05, 4.69) is 9.62 Å². The molecule has 2 aromatic carbocycles. The van der Waals surface area contributed by atoms with Gasteiger partial charge in [0.1, 0.15) is 11.9 Å². The van der Waals surface area contributed by atoms with Gasteiger partial charge in [0.2, 0.25) is 10.0 Å². The third kappa shape index (κ3) is 5.67. The molecule has 1 unspecified atom stereocenters. The number of hydrogen-bond donors (Lipinski definition) is 1. The van der Waals surface area contributed by atoms with Crippen molar-refractivity contribution in [2.75, 3.05) is 20.2 Å². The first kappa shape index (κ1) is 23.8. The van der Waals surface area contributed by atoms with Crippen LogP contribution in [0.25, 0.3) is 0 Å². The molecule has 1 N–H and O–H groups in total. The van der Waals surface area contributed by atoms with Gasteiger partial charge in [-0.1, -0.05) is 24.3 Å². The van der Waals surface area contributed by atoms with E-state index in [0.29, 0.717) is 32.5 Å². The molecule has 1 fully saturated rings. The number of sulfonamides is 1. The number of ether oxygens (including phenoxy) is 1. The van der Waals surface area contributed by atoms with E-state index in [9.17, 15) is 27.7 Å². The third-order valence-corrected chi connectivity index (χ3v) is 7.00. The SMILES string of the molecule is COC(=O)C(NS(=O)(=O)c1ccccc1[N+](=O)[O-])C1CCN(Cc2ccc(F)cc2)CC1. The van der Waals surface area contributed by atoms with E-state index in [-0.39, 0.29) is 11.7 Å². The molecule has 9 nitrogen and oxygen atoms in total. The monoisotopic (exact) mass is 465 g/mol. The van der Waals surface area contributed by atoms with Crippen LogP contribution >= 0.6 is 0 Å². The zero-order valence-corrected chi connectivity index (χ0v) is 18.3. The van der Waals surface area contributed by atoms with Crippen molar-refractivity contribution in [3.05, 3.63) is 70.0 Å². The van der Waals surface area contributed by atoms with Gasteiger partial charge < -0.3 is 4.74 Å². The van der Waals surface area contributed by atoms with Gasteiger partial charge in [0.15, 0.2) is 4.90 Å². The zero-order chi connectivity index (χ0) is 23.3. The second-order valence-corrected chi connectivity index (χ2v) is 9.27. The lowest BCUT2D eigenvalue weighted by molar-refractivity contribution is -0.387. The molecule has 0 aromatic heterocycles. The summed E-state index contributed by atoms with van der Waals surface area (Å²) >= 11 is 0. The van der Waals surface area contributed by atoms with Crippen LogP contribution in [0, 0.1) is 21.8 Å². The smallest absolute Gasteiger partial charge is 0.324 e. The summed E-state index contributed by atoms with van der Waals surface area (Å²) in [5, 5.41) is 11.2. The average molecular weight is 466 g/mol. The summed E-state index contributed by atoms with van der Waals surface area (Å²) in [5.41, 5.74) is 0.379. The van der Waals surface area contributed by atoms with Crippen LogP contribution in [0.4, 0.5) is 10.1 Å². The van der Waals surface area contributed by atoms with Gasteiger partial charge in [-0.3, -0.25) is 19.8 Å². The molecule has 1 aliphatic heterocycles. The minimum atomic E-state index is -4.35. The number of rotatable bonds is 8. The number of methoxy groups -OCH3 is 1. The molecule has 0 amide bonds. The number of nitrogens with zero attached hydrogens (tertiary/aromatic N) is 2. The number of carbonyl (C=O) groups is 1. The maximum atomic E-state index is 13.1. The standard InChI is InChI=1S/C21H24FN3O6S/c1-31-21(26)20(23-32(29,30)19-5-3-2-4-18(19)25(27)28)16-10-12-24(13-11-16)14-15-6-8-17(22)9-7-15/h2-9,16,20,23H,10-14H2,1H3. The molecular formula is C21H24FN3O6S. The topological polar surface area (TPSA) is 119 Å². The lowest BCUT2D eigenvalue weighted by atomic mass is 9.89. The molecule has 1 atom stereocenters. The van der Waals surface area contributed by atoms with E-state index in [1.165, 1.54) is 24.3 Å². The highest BCUT2D eigenvalue weighted by molar-refractivity contribution is 7.89. The maximum absolute atomic E-state index is 13.1. The molecule has 3 rings (SSSR count). The lowest BCUT2D eigenvalue weighted by Gasteiger charge is -2.35. The van der Waals surface area contributed by atoms with E-state index in [0.717, 1.165) is 24.8 Å². The van der Waals surface area contributed by atoms with Gasteiger partial charge in [0.05, 0.1) is 12.0 Å². The van der Waals surface area contributed by atoms with Crippen molar-refractivity contribution in [1.29, 1.82) is 0 Å². The summed E-state index contributed by atoms with van der Waals surface area (Å²) in [5.74, 6) is -1.40. The van der Waals surface area contributed by atoms with Crippen molar-refractivity contribution in [1.82, 2.24) is 9.62 Å². The van der Waals surface area contributed by atoms with Crippen LogP contribution in [-0.4, -0.2) is 50.5 Å². The second-order valence-electron chi connectivity index (χ2n) is 7.59. The van der Waals surface area contributed by atoms with E-state index >= 15 is 0 Å². The molecule has 1 aliphatic rings. The average Bonchev–Trinajstić information content (AvgIpc) is 2.79. The van der Waals surface area contributed by atoms with Crippen molar-refractivity contribution < 1.29 is 27.3 Å². The zero-order valence-electron chi connectivity index (χ0n) is 17.4. The lowest BCUT2D eigenvalue weighted by Crippen LogP contribution is -2.49. The van der Waals surface area contributed by atoms with Crippen molar-refractivity contribution in [3.63, 3.8) is 0 Å². The van der Waals surface area contributed by atoms with Crippen LogP contribution in [0.3, 0.4) is 0 Å². The molecule has 1 saturated heterocycles. The second kappa shape index (κ2) is 10.2. The van der Waals surface area contributed by atoms with Crippen molar-refractivity contribution in [3.8, 4) is 0 Å². The van der Waals surface area contributed by atoms with E-state index < -0.39 is 37.5 Å². The normalized spacial score (nSPS) is 16.4. The number of carbonyl (C=O) groups excluding carboxylic acids is 1. The number of piperidine rings is 1. The number of nitrogens with one attached hydrogen (secondary N) is 1. The van der Waals surface area contributed by atoms with E-state index in [4.69, 9.17) is 4.74 Å². The molecule has 0 bridgehead atoms. The molecule has 0 aliphatic carbocycles. The first-order chi connectivity index (χ1) is 15.2. The fraction of sp³-hybridized carbons (Fsp3) is 0.381. The summed E-state index contributed by atoms with van der Waals surface area (Å²) in [6.45, 7) is 1.81. The Hall–Kier alpha value is -2.89. The number of esters is 1. The largest absolute Gasteiger partial charge is 0.468 e. The summed E-state index contributed by atoms with van der Waals surface area (Å²) in [6, 6.07) is 10.0. The van der Waals surface area contributed by atoms with Crippen molar-refractivity contribution in [2.24, 2.45) is 5.92 Å². The predicted molar refractivity (Wildman–Crippen MR) is 114 cm³/mol. The number of halogens is 1. The Morgan fingerprint density at radius 1 is 1.22 bits per heavy atom. The molecule has 1 heterocycles. The summed E-state index contributed by atoms with van der Waals surface area (Å²) in [7, 11) is -3.18. The van der Waals surface area contributed by atoms with Crippen LogP contribution in [0.15, 0.2) is 53.4 Å². The van der Waals surface area contributed by atoms with Crippen LogP contribution in [0.2, 0.25) is 0 Å². The summed E-state index contributed by atoms with van der Waals surface area (Å²) in [6.07, 6.45) is 1.03. The molecule has 0 saturated carbocycles. The number of nitro benzene ring substituents is 1. The highest BCUT2D eigenvalue weighted by atomic mass is 32.2. The number of para-hydroxylation sites is 1. The molecule has 0 spiro atoms. The minimum absolute atomic E-state index is 0.306. The first-order valence-electron chi connectivity index (χ1n) is 10.0. The molecule has 11 heteroatoms. The van der Waals surface area contributed by atoms with Crippen LogP contribution in [0.5, 0.6) is 0 Å². The number of likely N-dealkylation sites (tertiary alicyclic amines) is 1. The Balaban J connectivity index is 1.72. The molecule has 2 aromatic rings. The Morgan fingerprint density at radius 2 is 1.84 bits per heavy atom. The highest BCUT2D eigenvalue weighted by Gasteiger charge is 2.37. The van der Waals surface area contributed by atoms with Crippen LogP contribution in [-0.2, 0) is 26.1 Å². The first-order valence-corrected chi connectivity index (χ1v) is 11.5. The maximum Gasteiger partial charge on any atom is 0.324 e. The van der Waals surface area contributed by atoms with Crippen LogP contribution < -0.4 is 4.72 Å². The summed E-state index contributed by atoms with van der Waals surface area (Å²) in [4.78, 5) is 24.5. The van der Waals surface area contributed by atoms with E-state index in [1.54, 1.807) is 12.1 Å². The Bertz CT molecular complexity index is 1070.